The van der Waals surface area contributed by atoms with Crippen LogP contribution < -0.4 is 5.32 Å². The molecule has 2 N–H and O–H groups in total. The molecule has 30 heavy (non-hydrogen) atoms. The van der Waals surface area contributed by atoms with E-state index in [0.29, 0.717) is 12.0 Å². The summed E-state index contributed by atoms with van der Waals surface area (Å²) in [4.78, 5) is 26.4. The average Bonchev–Trinajstić information content (AvgIpc) is 3.42. The fourth-order valence-corrected chi connectivity index (χ4v) is 4.35. The van der Waals surface area contributed by atoms with Gasteiger partial charge in [-0.1, -0.05) is 19.1 Å². The van der Waals surface area contributed by atoms with E-state index in [1.807, 2.05) is 49.3 Å². The van der Waals surface area contributed by atoms with Gasteiger partial charge in [0.1, 0.15) is 0 Å². The van der Waals surface area contributed by atoms with E-state index in [0.717, 1.165) is 46.9 Å². The number of carbonyl (C=O) groups is 2. The zero-order chi connectivity index (χ0) is 21.3. The average molecular weight is 405 g/mol. The third-order valence-corrected chi connectivity index (χ3v) is 6.17. The fraction of sp³-hybridized carbons (Fsp3) is 0.375. The Labute approximate surface area is 176 Å². The Morgan fingerprint density at radius 3 is 2.67 bits per heavy atom. The SMILES string of the molecule is CCC(=O)N[C@H]1CC[C@@H](N(C)C(=O)c2ccc(-c3cc(C)c4[nH]ncc4c3)cc2)C1. The summed E-state index contributed by atoms with van der Waals surface area (Å²) >= 11 is 0. The molecule has 1 saturated carbocycles. The van der Waals surface area contributed by atoms with E-state index in [4.69, 9.17) is 0 Å². The number of aryl methyl sites for hydroxylation is 1. The van der Waals surface area contributed by atoms with Crippen molar-refractivity contribution in [3.8, 4) is 11.1 Å². The molecule has 2 amide bonds. The molecule has 2 atom stereocenters. The highest BCUT2D eigenvalue weighted by Gasteiger charge is 2.30. The Kier molecular flexibility index (Phi) is 5.57. The molecule has 1 aliphatic rings. The standard InChI is InChI=1S/C24H28N4O2/c1-4-22(29)26-20-9-10-21(13-20)28(3)24(30)17-7-5-16(6-8-17)18-11-15(2)23-19(12-18)14-25-27-23/h5-8,11-12,14,20-21H,4,9-10,13H2,1-3H3,(H,25,27)(H,26,29)/t20-,21+/m0/s1. The van der Waals surface area contributed by atoms with Gasteiger partial charge in [-0.05, 0) is 67.1 Å². The zero-order valence-electron chi connectivity index (χ0n) is 17.7. The second kappa shape index (κ2) is 8.30. The van der Waals surface area contributed by atoms with Crippen LogP contribution in [0.3, 0.4) is 0 Å². The van der Waals surface area contributed by atoms with Crippen LogP contribution in [-0.2, 0) is 4.79 Å². The first-order valence-corrected chi connectivity index (χ1v) is 10.6. The molecule has 156 valence electrons. The summed E-state index contributed by atoms with van der Waals surface area (Å²) in [5, 5.41) is 11.3. The number of H-pyrrole nitrogens is 1. The smallest absolute Gasteiger partial charge is 0.253 e. The van der Waals surface area contributed by atoms with Gasteiger partial charge in [-0.25, -0.2) is 0 Å². The van der Waals surface area contributed by atoms with E-state index in [1.165, 1.54) is 0 Å². The Hall–Kier alpha value is -3.15. The predicted molar refractivity (Wildman–Crippen MR) is 118 cm³/mol. The topological polar surface area (TPSA) is 78.1 Å². The van der Waals surface area contributed by atoms with Crippen molar-refractivity contribution in [1.29, 1.82) is 0 Å². The van der Waals surface area contributed by atoms with Crippen molar-refractivity contribution in [2.24, 2.45) is 0 Å². The van der Waals surface area contributed by atoms with E-state index in [-0.39, 0.29) is 23.9 Å². The van der Waals surface area contributed by atoms with Gasteiger partial charge in [-0.15, -0.1) is 0 Å². The molecule has 3 aromatic rings. The number of fused-ring (bicyclic) bond motifs is 1. The summed E-state index contributed by atoms with van der Waals surface area (Å²) in [6.07, 6.45) is 4.98. The summed E-state index contributed by atoms with van der Waals surface area (Å²) < 4.78 is 0. The van der Waals surface area contributed by atoms with Crippen molar-refractivity contribution in [2.75, 3.05) is 7.05 Å². The van der Waals surface area contributed by atoms with Crippen LogP contribution in [0, 0.1) is 6.92 Å². The minimum absolute atomic E-state index is 0.0236. The molecular formula is C24H28N4O2. The quantitative estimate of drug-likeness (QED) is 0.673. The van der Waals surface area contributed by atoms with Crippen LogP contribution in [0.4, 0.5) is 0 Å². The largest absolute Gasteiger partial charge is 0.353 e. The van der Waals surface area contributed by atoms with Gasteiger partial charge >= 0.3 is 0 Å². The third kappa shape index (κ3) is 3.95. The number of nitrogens with zero attached hydrogens (tertiary/aromatic N) is 2. The summed E-state index contributed by atoms with van der Waals surface area (Å²) in [5.41, 5.74) is 5.06. The number of benzene rings is 2. The van der Waals surface area contributed by atoms with Gasteiger partial charge < -0.3 is 10.2 Å². The van der Waals surface area contributed by atoms with Crippen LogP contribution in [0.1, 0.15) is 48.5 Å². The minimum Gasteiger partial charge on any atom is -0.353 e. The maximum atomic E-state index is 13.0. The minimum atomic E-state index is 0.0236. The van der Waals surface area contributed by atoms with E-state index < -0.39 is 0 Å². The fourth-order valence-electron chi connectivity index (χ4n) is 4.35. The second-order valence-electron chi connectivity index (χ2n) is 8.21. The molecule has 1 fully saturated rings. The highest BCUT2D eigenvalue weighted by atomic mass is 16.2. The van der Waals surface area contributed by atoms with Crippen LogP contribution in [0.25, 0.3) is 22.0 Å². The molecule has 4 rings (SSSR count). The molecule has 0 saturated heterocycles. The third-order valence-electron chi connectivity index (χ3n) is 6.17. The van der Waals surface area contributed by atoms with Crippen molar-refractivity contribution in [3.05, 3.63) is 53.7 Å². The molecule has 0 bridgehead atoms. The Bertz CT molecular complexity index is 1070. The van der Waals surface area contributed by atoms with Crippen LogP contribution in [0.5, 0.6) is 0 Å². The number of rotatable bonds is 5. The van der Waals surface area contributed by atoms with Gasteiger partial charge in [-0.3, -0.25) is 14.7 Å². The molecule has 1 heterocycles. The molecule has 0 spiro atoms. The second-order valence-corrected chi connectivity index (χ2v) is 8.21. The normalized spacial score (nSPS) is 18.5. The van der Waals surface area contributed by atoms with E-state index in [1.54, 1.807) is 0 Å². The number of aromatic nitrogens is 2. The number of amides is 2. The number of nitrogens with one attached hydrogen (secondary N) is 2. The van der Waals surface area contributed by atoms with Crippen molar-refractivity contribution >= 4 is 22.7 Å². The maximum Gasteiger partial charge on any atom is 0.253 e. The Morgan fingerprint density at radius 2 is 1.93 bits per heavy atom. The molecule has 1 aromatic heterocycles. The van der Waals surface area contributed by atoms with Crippen LogP contribution in [-0.4, -0.2) is 46.0 Å². The summed E-state index contributed by atoms with van der Waals surface area (Å²) in [6, 6.07) is 12.4. The predicted octanol–water partition coefficient (Wildman–Crippen LogP) is 4.06. The molecular weight excluding hydrogens is 376 g/mol. The van der Waals surface area contributed by atoms with E-state index in [2.05, 4.69) is 34.6 Å². The Morgan fingerprint density at radius 1 is 1.17 bits per heavy atom. The van der Waals surface area contributed by atoms with Gasteiger partial charge in [0.15, 0.2) is 0 Å². The van der Waals surface area contributed by atoms with Crippen LogP contribution in [0.2, 0.25) is 0 Å². The number of hydrogen-bond donors (Lipinski definition) is 2. The summed E-state index contributed by atoms with van der Waals surface area (Å²) in [6.45, 7) is 3.92. The molecule has 0 unspecified atom stereocenters. The van der Waals surface area contributed by atoms with Gasteiger partial charge in [0.25, 0.3) is 5.91 Å². The first-order valence-electron chi connectivity index (χ1n) is 10.6. The first-order chi connectivity index (χ1) is 14.5. The van der Waals surface area contributed by atoms with E-state index >= 15 is 0 Å². The number of carbonyl (C=O) groups excluding carboxylic acids is 2. The molecule has 6 heteroatoms. The van der Waals surface area contributed by atoms with Crippen molar-refractivity contribution in [2.45, 2.75) is 51.6 Å². The maximum absolute atomic E-state index is 13.0. The first kappa shape index (κ1) is 20.1. The van der Waals surface area contributed by atoms with Gasteiger partial charge in [0, 0.05) is 36.5 Å². The monoisotopic (exact) mass is 404 g/mol. The number of hydrogen-bond acceptors (Lipinski definition) is 3. The van der Waals surface area contributed by atoms with Gasteiger partial charge in [-0.2, -0.15) is 5.10 Å². The lowest BCUT2D eigenvalue weighted by Crippen LogP contribution is -2.38. The Balaban J connectivity index is 1.45. The van der Waals surface area contributed by atoms with E-state index in [9.17, 15) is 9.59 Å². The molecule has 6 nitrogen and oxygen atoms in total. The zero-order valence-corrected chi connectivity index (χ0v) is 17.7. The highest BCUT2D eigenvalue weighted by Crippen LogP contribution is 2.28. The molecule has 2 aromatic carbocycles. The summed E-state index contributed by atoms with van der Waals surface area (Å²) in [5.74, 6) is 0.101. The highest BCUT2D eigenvalue weighted by molar-refractivity contribution is 5.95. The van der Waals surface area contributed by atoms with Gasteiger partial charge in [0.2, 0.25) is 5.91 Å². The summed E-state index contributed by atoms with van der Waals surface area (Å²) in [7, 11) is 1.86. The molecule has 0 aliphatic heterocycles. The lowest BCUT2D eigenvalue weighted by atomic mass is 9.99. The van der Waals surface area contributed by atoms with Crippen molar-refractivity contribution in [1.82, 2.24) is 20.4 Å². The van der Waals surface area contributed by atoms with Crippen molar-refractivity contribution in [3.63, 3.8) is 0 Å². The molecule has 0 radical (unpaired) electrons. The lowest BCUT2D eigenvalue weighted by Gasteiger charge is -2.25. The lowest BCUT2D eigenvalue weighted by molar-refractivity contribution is -0.121. The van der Waals surface area contributed by atoms with Crippen LogP contribution in [0.15, 0.2) is 42.6 Å². The van der Waals surface area contributed by atoms with Crippen molar-refractivity contribution < 1.29 is 9.59 Å². The van der Waals surface area contributed by atoms with Crippen LogP contribution >= 0.6 is 0 Å². The number of aromatic amines is 1. The van der Waals surface area contributed by atoms with Gasteiger partial charge in [0.05, 0.1) is 11.7 Å². The molecule has 1 aliphatic carbocycles.